The standard InChI is InChI=1S/C8H7ClF3NO/c9-3-1-2-4(10)7(14)5(3)6(13)8(11)12/h1-2,6,8,14H,13H2/t6-/m1/s1. The highest BCUT2D eigenvalue weighted by Gasteiger charge is 2.25. The number of aromatic hydroxyl groups is 1. The van der Waals surface area contributed by atoms with Gasteiger partial charge in [-0.2, -0.15) is 0 Å². The molecule has 0 amide bonds. The number of nitrogens with two attached hydrogens (primary N) is 1. The number of benzene rings is 1. The summed E-state index contributed by atoms with van der Waals surface area (Å²) in [6.07, 6.45) is -2.92. The number of hydrogen-bond acceptors (Lipinski definition) is 2. The molecule has 1 aromatic rings. The molecule has 1 rings (SSSR count). The van der Waals surface area contributed by atoms with Crippen LogP contribution in [-0.4, -0.2) is 11.5 Å². The van der Waals surface area contributed by atoms with E-state index in [0.717, 1.165) is 12.1 Å². The molecule has 0 saturated carbocycles. The average molecular weight is 226 g/mol. The largest absolute Gasteiger partial charge is 0.505 e. The predicted octanol–water partition coefficient (Wildman–Crippen LogP) is 2.45. The lowest BCUT2D eigenvalue weighted by Gasteiger charge is -2.14. The Balaban J connectivity index is 3.25. The van der Waals surface area contributed by atoms with Gasteiger partial charge in [-0.3, -0.25) is 0 Å². The molecule has 0 heterocycles. The summed E-state index contributed by atoms with van der Waals surface area (Å²) in [5, 5.41) is 8.94. The topological polar surface area (TPSA) is 46.2 Å². The minimum atomic E-state index is -2.92. The molecule has 0 bridgehead atoms. The van der Waals surface area contributed by atoms with Crippen molar-refractivity contribution in [1.29, 1.82) is 0 Å². The predicted molar refractivity (Wildman–Crippen MR) is 46.0 cm³/mol. The van der Waals surface area contributed by atoms with Crippen LogP contribution in [0.5, 0.6) is 5.75 Å². The van der Waals surface area contributed by atoms with Crippen LogP contribution in [0, 0.1) is 5.82 Å². The fourth-order valence-corrected chi connectivity index (χ4v) is 1.28. The van der Waals surface area contributed by atoms with Gasteiger partial charge in [0.05, 0.1) is 6.04 Å². The molecule has 0 unspecified atom stereocenters. The van der Waals surface area contributed by atoms with Crippen LogP contribution in [0.2, 0.25) is 5.02 Å². The number of rotatable bonds is 2. The smallest absolute Gasteiger partial charge is 0.257 e. The molecule has 0 fully saturated rings. The van der Waals surface area contributed by atoms with E-state index in [1.807, 2.05) is 0 Å². The number of phenolic OH excluding ortho intramolecular Hbond substituents is 1. The van der Waals surface area contributed by atoms with E-state index in [9.17, 15) is 13.2 Å². The molecule has 0 aliphatic carbocycles. The molecule has 1 aromatic carbocycles. The zero-order chi connectivity index (χ0) is 10.9. The first-order valence-electron chi connectivity index (χ1n) is 3.65. The van der Waals surface area contributed by atoms with E-state index < -0.39 is 29.6 Å². The van der Waals surface area contributed by atoms with E-state index in [-0.39, 0.29) is 5.02 Å². The summed E-state index contributed by atoms with van der Waals surface area (Å²) in [5.74, 6) is -1.95. The Morgan fingerprint density at radius 1 is 1.36 bits per heavy atom. The van der Waals surface area contributed by atoms with Crippen molar-refractivity contribution < 1.29 is 18.3 Å². The summed E-state index contributed by atoms with van der Waals surface area (Å²) in [6.45, 7) is 0. The van der Waals surface area contributed by atoms with Gasteiger partial charge in [0.2, 0.25) is 0 Å². The highest BCUT2D eigenvalue weighted by Crippen LogP contribution is 2.34. The van der Waals surface area contributed by atoms with Crippen molar-refractivity contribution in [3.8, 4) is 5.75 Å². The molecule has 0 aromatic heterocycles. The van der Waals surface area contributed by atoms with Crippen LogP contribution in [0.1, 0.15) is 11.6 Å². The quantitative estimate of drug-likeness (QED) is 0.812. The van der Waals surface area contributed by atoms with E-state index in [2.05, 4.69) is 0 Å². The molecule has 1 atom stereocenters. The maximum Gasteiger partial charge on any atom is 0.257 e. The summed E-state index contributed by atoms with van der Waals surface area (Å²) in [4.78, 5) is 0. The highest BCUT2D eigenvalue weighted by molar-refractivity contribution is 6.31. The zero-order valence-electron chi connectivity index (χ0n) is 6.85. The lowest BCUT2D eigenvalue weighted by atomic mass is 10.1. The van der Waals surface area contributed by atoms with Gasteiger partial charge < -0.3 is 10.8 Å². The fraction of sp³-hybridized carbons (Fsp3) is 0.250. The molecule has 14 heavy (non-hydrogen) atoms. The highest BCUT2D eigenvalue weighted by atomic mass is 35.5. The molecular weight excluding hydrogens is 219 g/mol. The van der Waals surface area contributed by atoms with Crippen LogP contribution in [0.15, 0.2) is 12.1 Å². The van der Waals surface area contributed by atoms with Crippen LogP contribution in [-0.2, 0) is 0 Å². The van der Waals surface area contributed by atoms with Gasteiger partial charge in [0, 0.05) is 10.6 Å². The second-order valence-electron chi connectivity index (χ2n) is 2.65. The van der Waals surface area contributed by atoms with Crippen molar-refractivity contribution in [2.24, 2.45) is 5.73 Å². The van der Waals surface area contributed by atoms with Gasteiger partial charge in [-0.05, 0) is 12.1 Å². The minimum Gasteiger partial charge on any atom is -0.505 e. The van der Waals surface area contributed by atoms with E-state index in [0.29, 0.717) is 0 Å². The first kappa shape index (κ1) is 11.1. The summed E-state index contributed by atoms with van der Waals surface area (Å²) in [6, 6.07) is 0.145. The molecule has 0 spiro atoms. The molecule has 3 N–H and O–H groups in total. The molecule has 0 saturated heterocycles. The van der Waals surface area contributed by atoms with Crippen molar-refractivity contribution in [3.63, 3.8) is 0 Å². The minimum absolute atomic E-state index is 0.184. The maximum absolute atomic E-state index is 12.8. The van der Waals surface area contributed by atoms with Crippen LogP contribution in [0.25, 0.3) is 0 Å². The molecule has 2 nitrogen and oxygen atoms in total. The Kier molecular flexibility index (Phi) is 3.23. The van der Waals surface area contributed by atoms with Crippen LogP contribution < -0.4 is 5.73 Å². The molecule has 0 aliphatic heterocycles. The number of halogens is 4. The summed E-state index contributed by atoms with van der Waals surface area (Å²) in [7, 11) is 0. The molecule has 0 radical (unpaired) electrons. The molecular formula is C8H7ClF3NO. The summed E-state index contributed by atoms with van der Waals surface area (Å²) >= 11 is 5.50. The molecule has 78 valence electrons. The van der Waals surface area contributed by atoms with Crippen LogP contribution in [0.3, 0.4) is 0 Å². The zero-order valence-corrected chi connectivity index (χ0v) is 7.60. The monoisotopic (exact) mass is 225 g/mol. The van der Waals surface area contributed by atoms with E-state index in [1.165, 1.54) is 0 Å². The van der Waals surface area contributed by atoms with Crippen molar-refractivity contribution in [2.45, 2.75) is 12.5 Å². The van der Waals surface area contributed by atoms with Gasteiger partial charge in [0.25, 0.3) is 6.43 Å². The van der Waals surface area contributed by atoms with E-state index >= 15 is 0 Å². The third-order valence-corrected chi connectivity index (χ3v) is 2.05. The van der Waals surface area contributed by atoms with Crippen molar-refractivity contribution >= 4 is 11.6 Å². The van der Waals surface area contributed by atoms with E-state index in [4.69, 9.17) is 22.4 Å². The summed E-state index contributed by atoms with van der Waals surface area (Å²) in [5.41, 5.74) is 4.58. The normalized spacial score (nSPS) is 13.3. The number of hydrogen-bond donors (Lipinski definition) is 2. The van der Waals surface area contributed by atoms with Gasteiger partial charge in [-0.15, -0.1) is 0 Å². The SMILES string of the molecule is N[C@H](c1c(Cl)ccc(F)c1O)C(F)F. The second-order valence-corrected chi connectivity index (χ2v) is 3.06. The third kappa shape index (κ3) is 1.93. The Bertz CT molecular complexity index is 346. The van der Waals surface area contributed by atoms with Gasteiger partial charge in [0.15, 0.2) is 11.6 Å². The summed E-state index contributed by atoms with van der Waals surface area (Å²) < 4.78 is 37.2. The number of phenols is 1. The van der Waals surface area contributed by atoms with Crippen LogP contribution >= 0.6 is 11.6 Å². The van der Waals surface area contributed by atoms with Gasteiger partial charge in [-0.25, -0.2) is 13.2 Å². The van der Waals surface area contributed by atoms with Crippen molar-refractivity contribution in [2.75, 3.05) is 0 Å². The Labute approximate surface area is 83.1 Å². The van der Waals surface area contributed by atoms with Crippen molar-refractivity contribution in [3.05, 3.63) is 28.5 Å². The molecule has 6 heteroatoms. The number of alkyl halides is 2. The average Bonchev–Trinajstić information content (AvgIpc) is 2.12. The third-order valence-electron chi connectivity index (χ3n) is 1.72. The van der Waals surface area contributed by atoms with Crippen molar-refractivity contribution in [1.82, 2.24) is 0 Å². The van der Waals surface area contributed by atoms with Crippen LogP contribution in [0.4, 0.5) is 13.2 Å². The lowest BCUT2D eigenvalue weighted by molar-refractivity contribution is 0.115. The Morgan fingerprint density at radius 3 is 2.43 bits per heavy atom. The van der Waals surface area contributed by atoms with Gasteiger partial charge in [0.1, 0.15) is 0 Å². The lowest BCUT2D eigenvalue weighted by Crippen LogP contribution is -2.19. The first-order chi connectivity index (χ1) is 6.45. The first-order valence-corrected chi connectivity index (χ1v) is 4.03. The van der Waals surface area contributed by atoms with Gasteiger partial charge >= 0.3 is 0 Å². The Hall–Kier alpha value is -0.940. The second kappa shape index (κ2) is 4.06. The Morgan fingerprint density at radius 2 is 1.93 bits per heavy atom. The fourth-order valence-electron chi connectivity index (χ4n) is 1.000. The maximum atomic E-state index is 12.8. The van der Waals surface area contributed by atoms with Gasteiger partial charge in [-0.1, -0.05) is 11.6 Å². The molecule has 0 aliphatic rings. The van der Waals surface area contributed by atoms with E-state index in [1.54, 1.807) is 0 Å².